The van der Waals surface area contributed by atoms with Gasteiger partial charge in [0.15, 0.2) is 6.10 Å². The standard InChI is InChI=1S/C19H18F3NO5/c1-28-15-5-3-2-4-12(15)10-14(18(26)27)23-17(25)16(24)11-6-8-13(9-7-11)19(20,21)22/h2-9,14,16,24H,10H2,1H3,(H,23,25)(H,26,27)/t14-,16-/m0/s1. The van der Waals surface area contributed by atoms with Crippen LogP contribution in [-0.4, -0.2) is 35.2 Å². The smallest absolute Gasteiger partial charge is 0.416 e. The maximum absolute atomic E-state index is 12.6. The van der Waals surface area contributed by atoms with Gasteiger partial charge in [0.2, 0.25) is 0 Å². The number of rotatable bonds is 7. The number of carboxylic acid groups (broad SMARTS) is 1. The van der Waals surface area contributed by atoms with Crippen molar-refractivity contribution in [2.24, 2.45) is 0 Å². The van der Waals surface area contributed by atoms with Crippen molar-refractivity contribution in [3.63, 3.8) is 0 Å². The summed E-state index contributed by atoms with van der Waals surface area (Å²) in [6.45, 7) is 0. The van der Waals surface area contributed by atoms with Crippen LogP contribution in [0.15, 0.2) is 48.5 Å². The molecule has 6 nitrogen and oxygen atoms in total. The molecular weight excluding hydrogens is 379 g/mol. The van der Waals surface area contributed by atoms with Crippen molar-refractivity contribution in [2.75, 3.05) is 7.11 Å². The molecule has 0 aliphatic heterocycles. The first-order chi connectivity index (χ1) is 13.1. The van der Waals surface area contributed by atoms with Gasteiger partial charge in [0, 0.05) is 6.42 Å². The number of halogens is 3. The number of aliphatic hydroxyl groups is 1. The van der Waals surface area contributed by atoms with E-state index in [9.17, 15) is 33.0 Å². The molecule has 2 rings (SSSR count). The van der Waals surface area contributed by atoms with Gasteiger partial charge in [-0.1, -0.05) is 30.3 Å². The van der Waals surface area contributed by atoms with E-state index in [0.29, 0.717) is 11.3 Å². The van der Waals surface area contributed by atoms with E-state index in [2.05, 4.69) is 5.32 Å². The Balaban J connectivity index is 2.12. The second kappa shape index (κ2) is 8.75. The second-order valence-electron chi connectivity index (χ2n) is 5.94. The van der Waals surface area contributed by atoms with Crippen molar-refractivity contribution in [1.29, 1.82) is 0 Å². The van der Waals surface area contributed by atoms with E-state index in [1.54, 1.807) is 24.3 Å². The lowest BCUT2D eigenvalue weighted by atomic mass is 10.0. The predicted octanol–water partition coefficient (Wildman–Crippen LogP) is 2.56. The topological polar surface area (TPSA) is 95.9 Å². The molecular formula is C19H18F3NO5. The number of amides is 1. The van der Waals surface area contributed by atoms with E-state index in [4.69, 9.17) is 4.74 Å². The van der Waals surface area contributed by atoms with Gasteiger partial charge in [0.05, 0.1) is 12.7 Å². The van der Waals surface area contributed by atoms with Crippen LogP contribution < -0.4 is 10.1 Å². The fourth-order valence-corrected chi connectivity index (χ4v) is 2.55. The molecule has 150 valence electrons. The van der Waals surface area contributed by atoms with Crippen molar-refractivity contribution in [3.8, 4) is 5.75 Å². The number of aliphatic hydroxyl groups excluding tert-OH is 1. The fourth-order valence-electron chi connectivity index (χ4n) is 2.55. The van der Waals surface area contributed by atoms with Gasteiger partial charge in [-0.2, -0.15) is 13.2 Å². The zero-order valence-electron chi connectivity index (χ0n) is 14.7. The number of alkyl halides is 3. The van der Waals surface area contributed by atoms with Crippen LogP contribution in [0.2, 0.25) is 0 Å². The molecule has 28 heavy (non-hydrogen) atoms. The maximum Gasteiger partial charge on any atom is 0.416 e. The molecule has 0 unspecified atom stereocenters. The summed E-state index contributed by atoms with van der Waals surface area (Å²) in [7, 11) is 1.42. The molecule has 0 radical (unpaired) electrons. The minimum absolute atomic E-state index is 0.0908. The van der Waals surface area contributed by atoms with Crippen molar-refractivity contribution >= 4 is 11.9 Å². The number of carbonyl (C=O) groups excluding carboxylic acids is 1. The number of carboxylic acids is 1. The molecule has 0 saturated carbocycles. The number of carbonyl (C=O) groups is 2. The lowest BCUT2D eigenvalue weighted by Gasteiger charge is -2.19. The predicted molar refractivity (Wildman–Crippen MR) is 92.7 cm³/mol. The molecule has 3 N–H and O–H groups in total. The molecule has 0 spiro atoms. The molecule has 1 amide bonds. The molecule has 0 heterocycles. The van der Waals surface area contributed by atoms with Crippen LogP contribution in [0.4, 0.5) is 13.2 Å². The number of para-hydroxylation sites is 1. The summed E-state index contributed by atoms with van der Waals surface area (Å²) in [5.41, 5.74) is -0.489. The molecule has 2 aromatic rings. The minimum Gasteiger partial charge on any atom is -0.496 e. The summed E-state index contributed by atoms with van der Waals surface area (Å²) in [6, 6.07) is 8.66. The van der Waals surface area contributed by atoms with Crippen LogP contribution in [0, 0.1) is 0 Å². The Labute approximate surface area is 158 Å². The van der Waals surface area contributed by atoms with Gasteiger partial charge >= 0.3 is 12.1 Å². The highest BCUT2D eigenvalue weighted by Crippen LogP contribution is 2.30. The SMILES string of the molecule is COc1ccccc1C[C@H](NC(=O)[C@@H](O)c1ccc(C(F)(F)F)cc1)C(=O)O. The maximum atomic E-state index is 12.6. The zero-order chi connectivity index (χ0) is 20.9. The van der Waals surface area contributed by atoms with Crippen LogP contribution in [0.1, 0.15) is 22.8 Å². The number of hydrogen-bond donors (Lipinski definition) is 3. The van der Waals surface area contributed by atoms with Crippen molar-refractivity contribution < 1.29 is 37.7 Å². The Morgan fingerprint density at radius 3 is 2.25 bits per heavy atom. The number of aliphatic carboxylic acids is 1. The number of hydrogen-bond acceptors (Lipinski definition) is 4. The molecule has 0 saturated heterocycles. The van der Waals surface area contributed by atoms with Crippen LogP contribution in [-0.2, 0) is 22.2 Å². The van der Waals surface area contributed by atoms with Crippen LogP contribution in [0.5, 0.6) is 5.75 Å². The Hall–Kier alpha value is -3.07. The molecule has 2 aromatic carbocycles. The zero-order valence-corrected chi connectivity index (χ0v) is 14.7. The third kappa shape index (κ3) is 5.23. The summed E-state index contributed by atoms with van der Waals surface area (Å²) in [5, 5.41) is 21.6. The van der Waals surface area contributed by atoms with E-state index in [0.717, 1.165) is 24.3 Å². The monoisotopic (exact) mass is 397 g/mol. The highest BCUT2D eigenvalue weighted by Gasteiger charge is 2.31. The molecule has 0 bridgehead atoms. The van der Waals surface area contributed by atoms with Crippen LogP contribution in [0.25, 0.3) is 0 Å². The van der Waals surface area contributed by atoms with Gasteiger partial charge in [-0.05, 0) is 29.3 Å². The van der Waals surface area contributed by atoms with E-state index in [1.807, 2.05) is 0 Å². The van der Waals surface area contributed by atoms with Crippen LogP contribution in [0.3, 0.4) is 0 Å². The summed E-state index contributed by atoms with van der Waals surface area (Å²) < 4.78 is 42.9. The van der Waals surface area contributed by atoms with Crippen molar-refractivity contribution in [3.05, 3.63) is 65.2 Å². The van der Waals surface area contributed by atoms with E-state index >= 15 is 0 Å². The largest absolute Gasteiger partial charge is 0.496 e. The summed E-state index contributed by atoms with van der Waals surface area (Å²) >= 11 is 0. The molecule has 0 fully saturated rings. The summed E-state index contributed by atoms with van der Waals surface area (Å²) in [6.07, 6.45) is -6.47. The van der Waals surface area contributed by atoms with Crippen molar-refractivity contribution in [2.45, 2.75) is 24.7 Å². The van der Waals surface area contributed by atoms with Gasteiger partial charge in [0.1, 0.15) is 11.8 Å². The number of ether oxygens (including phenoxy) is 1. The van der Waals surface area contributed by atoms with Gasteiger partial charge in [0.25, 0.3) is 5.91 Å². The Kier molecular flexibility index (Phi) is 6.63. The highest BCUT2D eigenvalue weighted by atomic mass is 19.4. The first-order valence-electron chi connectivity index (χ1n) is 8.13. The Morgan fingerprint density at radius 1 is 1.11 bits per heavy atom. The Bertz CT molecular complexity index is 836. The van der Waals surface area contributed by atoms with E-state index in [1.165, 1.54) is 7.11 Å². The number of benzene rings is 2. The molecule has 9 heteroatoms. The quantitative estimate of drug-likeness (QED) is 0.668. The molecule has 0 aliphatic rings. The summed E-state index contributed by atoms with van der Waals surface area (Å²) in [4.78, 5) is 23.7. The third-order valence-electron chi connectivity index (χ3n) is 4.03. The van der Waals surface area contributed by atoms with Gasteiger partial charge in [-0.15, -0.1) is 0 Å². The lowest BCUT2D eigenvalue weighted by Crippen LogP contribution is -2.44. The second-order valence-corrected chi connectivity index (χ2v) is 5.94. The van der Waals surface area contributed by atoms with Gasteiger partial charge < -0.3 is 20.3 Å². The first-order valence-corrected chi connectivity index (χ1v) is 8.13. The van der Waals surface area contributed by atoms with E-state index < -0.39 is 35.8 Å². The molecule has 2 atom stereocenters. The molecule has 0 aliphatic carbocycles. The lowest BCUT2D eigenvalue weighted by molar-refractivity contribution is -0.143. The average molecular weight is 397 g/mol. The average Bonchev–Trinajstić information content (AvgIpc) is 2.66. The van der Waals surface area contributed by atoms with Gasteiger partial charge in [-0.25, -0.2) is 4.79 Å². The fraction of sp³-hybridized carbons (Fsp3) is 0.263. The summed E-state index contributed by atoms with van der Waals surface area (Å²) in [5.74, 6) is -1.94. The third-order valence-corrected chi connectivity index (χ3v) is 4.03. The minimum atomic E-state index is -4.55. The van der Waals surface area contributed by atoms with E-state index in [-0.39, 0.29) is 12.0 Å². The normalized spacial score (nSPS) is 13.5. The number of nitrogens with one attached hydrogen (secondary N) is 1. The highest BCUT2D eigenvalue weighted by molar-refractivity contribution is 5.87. The van der Waals surface area contributed by atoms with Gasteiger partial charge in [-0.3, -0.25) is 4.79 Å². The molecule has 0 aromatic heterocycles. The first kappa shape index (κ1) is 21.2. The van der Waals surface area contributed by atoms with Crippen molar-refractivity contribution in [1.82, 2.24) is 5.32 Å². The Morgan fingerprint density at radius 2 is 1.71 bits per heavy atom. The van der Waals surface area contributed by atoms with Crippen LogP contribution >= 0.6 is 0 Å². The number of methoxy groups -OCH3 is 1.